The van der Waals surface area contributed by atoms with Crippen molar-refractivity contribution >= 4 is 17.1 Å². The molecule has 0 N–H and O–H groups in total. The molecule has 8 aromatic rings. The molecule has 1 aliphatic heterocycles. The molecule has 0 aromatic heterocycles. The summed E-state index contributed by atoms with van der Waals surface area (Å²) in [6.07, 6.45) is 0. The average molecular weight is 662 g/mol. The van der Waals surface area contributed by atoms with Gasteiger partial charge in [-0.1, -0.05) is 176 Å². The van der Waals surface area contributed by atoms with E-state index in [1.165, 1.54) is 89.4 Å². The predicted molar refractivity (Wildman–Crippen MR) is 215 cm³/mol. The van der Waals surface area contributed by atoms with E-state index in [1.807, 2.05) is 0 Å². The summed E-state index contributed by atoms with van der Waals surface area (Å²) in [6.45, 7) is 2.44. The fourth-order valence-electron chi connectivity index (χ4n) is 10.0. The van der Waals surface area contributed by atoms with Crippen molar-refractivity contribution in [1.29, 1.82) is 0 Å². The van der Waals surface area contributed by atoms with Crippen LogP contribution in [0.4, 0.5) is 17.1 Å². The van der Waals surface area contributed by atoms with Crippen molar-refractivity contribution in [3.63, 3.8) is 0 Å². The first kappa shape index (κ1) is 29.3. The van der Waals surface area contributed by atoms with Crippen LogP contribution in [0, 0.1) is 0 Å². The van der Waals surface area contributed by atoms with Crippen LogP contribution in [-0.2, 0) is 10.8 Å². The molecule has 244 valence electrons. The topological polar surface area (TPSA) is 3.24 Å². The van der Waals surface area contributed by atoms with Crippen LogP contribution in [0.1, 0.15) is 45.9 Å². The van der Waals surface area contributed by atoms with Gasteiger partial charge in [0, 0.05) is 11.0 Å². The first-order chi connectivity index (χ1) is 25.7. The van der Waals surface area contributed by atoms with Gasteiger partial charge in [-0.15, -0.1) is 0 Å². The Morgan fingerprint density at radius 3 is 1.65 bits per heavy atom. The molecule has 1 unspecified atom stereocenters. The van der Waals surface area contributed by atoms with Gasteiger partial charge in [0.1, 0.15) is 0 Å². The van der Waals surface area contributed by atoms with E-state index in [0.29, 0.717) is 0 Å². The van der Waals surface area contributed by atoms with E-state index >= 15 is 0 Å². The standard InChI is InChI=1S/C51H35N/c1-50-41-26-13-11-23-38(41)39-25-15-30-46(49(39)50)52(47-33-35(31-32-43(47)50)34-17-5-2-6-18-34)45-29-16-28-44-48(45)40-24-12-14-27-42(40)51(44,36-19-7-3-8-20-36)37-21-9-4-10-22-37/h2-33H,1H3. The van der Waals surface area contributed by atoms with Crippen molar-refractivity contribution in [1.82, 2.24) is 0 Å². The van der Waals surface area contributed by atoms with Crippen molar-refractivity contribution in [2.45, 2.75) is 17.8 Å². The van der Waals surface area contributed by atoms with E-state index in [9.17, 15) is 0 Å². The van der Waals surface area contributed by atoms with Gasteiger partial charge in [-0.2, -0.15) is 0 Å². The van der Waals surface area contributed by atoms with Crippen molar-refractivity contribution in [2.24, 2.45) is 0 Å². The van der Waals surface area contributed by atoms with Crippen molar-refractivity contribution in [3.05, 3.63) is 233 Å². The Morgan fingerprint density at radius 2 is 0.923 bits per heavy atom. The highest BCUT2D eigenvalue weighted by Crippen LogP contribution is 2.65. The Labute approximate surface area is 305 Å². The number of hydrogen-bond donors (Lipinski definition) is 0. The Kier molecular flexibility index (Phi) is 6.08. The summed E-state index contributed by atoms with van der Waals surface area (Å²) in [5, 5.41) is 0. The van der Waals surface area contributed by atoms with E-state index in [1.54, 1.807) is 0 Å². The Bertz CT molecular complexity index is 2650. The minimum atomic E-state index is -0.474. The fraction of sp³-hybridized carbons (Fsp3) is 0.0588. The Morgan fingerprint density at radius 1 is 0.365 bits per heavy atom. The summed E-state index contributed by atoms with van der Waals surface area (Å²) < 4.78 is 0. The lowest BCUT2D eigenvalue weighted by molar-refractivity contribution is 0.702. The number of nitrogens with zero attached hydrogens (tertiary/aromatic N) is 1. The van der Waals surface area contributed by atoms with Crippen LogP contribution in [-0.4, -0.2) is 0 Å². The largest absolute Gasteiger partial charge is 0.309 e. The van der Waals surface area contributed by atoms with Crippen molar-refractivity contribution < 1.29 is 0 Å². The highest BCUT2D eigenvalue weighted by molar-refractivity contribution is 6.03. The average Bonchev–Trinajstić information content (AvgIpc) is 3.67. The molecule has 0 radical (unpaired) electrons. The maximum Gasteiger partial charge on any atom is 0.0714 e. The second-order valence-electron chi connectivity index (χ2n) is 14.5. The lowest BCUT2D eigenvalue weighted by Gasteiger charge is -2.43. The van der Waals surface area contributed by atoms with Crippen LogP contribution >= 0.6 is 0 Å². The van der Waals surface area contributed by atoms with Crippen LogP contribution < -0.4 is 4.90 Å². The normalized spacial score (nSPS) is 16.8. The van der Waals surface area contributed by atoms with Crippen LogP contribution in [0.2, 0.25) is 0 Å². The molecule has 0 bridgehead atoms. The lowest BCUT2D eigenvalue weighted by Crippen LogP contribution is -2.32. The second kappa shape index (κ2) is 10.8. The van der Waals surface area contributed by atoms with Crippen LogP contribution in [0.15, 0.2) is 194 Å². The summed E-state index contributed by atoms with van der Waals surface area (Å²) >= 11 is 0. The monoisotopic (exact) mass is 661 g/mol. The van der Waals surface area contributed by atoms with Gasteiger partial charge < -0.3 is 4.90 Å². The van der Waals surface area contributed by atoms with E-state index in [2.05, 4.69) is 206 Å². The van der Waals surface area contributed by atoms with Gasteiger partial charge in [-0.3, -0.25) is 0 Å². The SMILES string of the molecule is CC12c3ccccc3-c3cccc(c31)N(c1cccc3c1-c1ccccc1C3(c1ccccc1)c1ccccc1)c1cc(-c3ccccc3)ccc12. The highest BCUT2D eigenvalue weighted by Gasteiger charge is 2.51. The predicted octanol–water partition coefficient (Wildman–Crippen LogP) is 12.8. The summed E-state index contributed by atoms with van der Waals surface area (Å²) in [6, 6.07) is 72.3. The highest BCUT2D eigenvalue weighted by atomic mass is 15.2. The first-order valence-electron chi connectivity index (χ1n) is 18.3. The second-order valence-corrected chi connectivity index (χ2v) is 14.5. The van der Waals surface area contributed by atoms with Gasteiger partial charge in [-0.05, 0) is 91.9 Å². The summed E-state index contributed by atoms with van der Waals surface area (Å²) in [5.41, 5.74) is 19.9. The van der Waals surface area contributed by atoms with Crippen LogP contribution in [0.5, 0.6) is 0 Å². The molecule has 0 saturated heterocycles. The first-order valence-corrected chi connectivity index (χ1v) is 18.3. The minimum absolute atomic E-state index is 0.294. The number of fused-ring (bicyclic) bond motifs is 8. The molecule has 52 heavy (non-hydrogen) atoms. The van der Waals surface area contributed by atoms with Gasteiger partial charge in [-0.25, -0.2) is 0 Å². The lowest BCUT2D eigenvalue weighted by atomic mass is 9.67. The molecule has 0 saturated carbocycles. The summed E-state index contributed by atoms with van der Waals surface area (Å²) in [4.78, 5) is 2.59. The van der Waals surface area contributed by atoms with E-state index in [4.69, 9.17) is 0 Å². The molecular formula is C51H35N. The zero-order valence-electron chi connectivity index (χ0n) is 28.9. The van der Waals surface area contributed by atoms with Gasteiger partial charge in [0.25, 0.3) is 0 Å². The molecule has 0 spiro atoms. The van der Waals surface area contributed by atoms with Crippen molar-refractivity contribution in [2.75, 3.05) is 4.90 Å². The molecule has 1 heterocycles. The number of hydrogen-bond acceptors (Lipinski definition) is 1. The number of rotatable bonds is 4. The molecule has 8 aromatic carbocycles. The van der Waals surface area contributed by atoms with E-state index in [0.717, 1.165) is 0 Å². The fourth-order valence-corrected chi connectivity index (χ4v) is 10.0. The molecule has 0 fully saturated rings. The number of benzene rings is 8. The molecule has 1 nitrogen and oxygen atoms in total. The third-order valence-corrected chi connectivity index (χ3v) is 12.1. The zero-order valence-corrected chi connectivity index (χ0v) is 28.9. The van der Waals surface area contributed by atoms with Gasteiger partial charge >= 0.3 is 0 Å². The van der Waals surface area contributed by atoms with Gasteiger partial charge in [0.15, 0.2) is 0 Å². The smallest absolute Gasteiger partial charge is 0.0714 e. The Hall–Kier alpha value is -6.44. The molecular weight excluding hydrogens is 627 g/mol. The summed E-state index contributed by atoms with van der Waals surface area (Å²) in [5.74, 6) is 0. The summed E-state index contributed by atoms with van der Waals surface area (Å²) in [7, 11) is 0. The minimum Gasteiger partial charge on any atom is -0.309 e. The van der Waals surface area contributed by atoms with Crippen LogP contribution in [0.25, 0.3) is 33.4 Å². The maximum atomic E-state index is 2.59. The van der Waals surface area contributed by atoms with Gasteiger partial charge in [0.2, 0.25) is 0 Å². The quantitative estimate of drug-likeness (QED) is 0.181. The molecule has 0 amide bonds. The molecule has 1 atom stereocenters. The van der Waals surface area contributed by atoms with E-state index in [-0.39, 0.29) is 5.41 Å². The van der Waals surface area contributed by atoms with E-state index < -0.39 is 5.41 Å². The molecule has 2 aliphatic carbocycles. The molecule has 11 rings (SSSR count). The van der Waals surface area contributed by atoms with Crippen molar-refractivity contribution in [3.8, 4) is 33.4 Å². The zero-order chi connectivity index (χ0) is 34.4. The molecule has 1 heteroatoms. The van der Waals surface area contributed by atoms with Crippen LogP contribution in [0.3, 0.4) is 0 Å². The Balaban J connectivity index is 1.26. The van der Waals surface area contributed by atoms with Gasteiger partial charge in [0.05, 0.1) is 22.5 Å². The third kappa shape index (κ3) is 3.67. The molecule has 3 aliphatic rings. The maximum absolute atomic E-state index is 2.59. The third-order valence-electron chi connectivity index (χ3n) is 12.1. The number of anilines is 3.